The summed E-state index contributed by atoms with van der Waals surface area (Å²) < 4.78 is 5.61. The minimum atomic E-state index is 0.145. The lowest BCUT2D eigenvalue weighted by molar-refractivity contribution is -0.128. The molecule has 2 aliphatic rings. The quantitative estimate of drug-likeness (QED) is 0.730. The van der Waals surface area contributed by atoms with Gasteiger partial charge in [-0.1, -0.05) is 0 Å². The van der Waals surface area contributed by atoms with Crippen molar-refractivity contribution in [1.82, 2.24) is 10.2 Å². The summed E-state index contributed by atoms with van der Waals surface area (Å²) in [5.74, 6) is 0.322. The molecule has 2 rings (SSSR count). The molecule has 1 aliphatic heterocycles. The first-order chi connectivity index (χ1) is 9.24. The van der Waals surface area contributed by atoms with E-state index in [2.05, 4.69) is 10.2 Å². The second kappa shape index (κ2) is 7.22. The summed E-state index contributed by atoms with van der Waals surface area (Å²) in [6, 6.07) is 0.627. The third-order valence-corrected chi connectivity index (χ3v) is 4.26. The van der Waals surface area contributed by atoms with Crippen LogP contribution in [0.2, 0.25) is 0 Å². The van der Waals surface area contributed by atoms with Crippen molar-refractivity contribution in [2.75, 3.05) is 32.8 Å². The number of nitrogens with one attached hydrogen (secondary N) is 1. The van der Waals surface area contributed by atoms with Crippen LogP contribution < -0.4 is 11.1 Å². The molecule has 1 atom stereocenters. The van der Waals surface area contributed by atoms with Crippen molar-refractivity contribution in [2.45, 2.75) is 44.8 Å². The fraction of sp³-hybridized carbons (Fsp3) is 0.929. The smallest absolute Gasteiger partial charge is 0.224 e. The minimum Gasteiger partial charge on any atom is -0.378 e. The van der Waals surface area contributed by atoms with Gasteiger partial charge in [-0.15, -0.1) is 0 Å². The second-order valence-electron chi connectivity index (χ2n) is 5.62. The highest BCUT2D eigenvalue weighted by atomic mass is 16.5. The SMILES string of the molecule is CCOC1CC(N2CCCC(C(=O)NCCN)C2)C1. The molecule has 1 saturated carbocycles. The number of amides is 1. The number of likely N-dealkylation sites (tertiary alicyclic amines) is 1. The number of carbonyl (C=O) groups excluding carboxylic acids is 1. The third-order valence-electron chi connectivity index (χ3n) is 4.26. The van der Waals surface area contributed by atoms with Gasteiger partial charge in [-0.3, -0.25) is 9.69 Å². The molecule has 1 unspecified atom stereocenters. The first-order valence-electron chi connectivity index (χ1n) is 7.58. The van der Waals surface area contributed by atoms with Crippen molar-refractivity contribution in [3.63, 3.8) is 0 Å². The molecule has 0 aromatic rings. The summed E-state index contributed by atoms with van der Waals surface area (Å²) in [4.78, 5) is 14.5. The molecule has 0 spiro atoms. The summed E-state index contributed by atoms with van der Waals surface area (Å²) in [5, 5.41) is 2.91. The molecule has 2 fully saturated rings. The molecular formula is C14H27N3O2. The Labute approximate surface area is 115 Å². The van der Waals surface area contributed by atoms with Crippen LogP contribution in [0.5, 0.6) is 0 Å². The predicted molar refractivity (Wildman–Crippen MR) is 74.8 cm³/mol. The summed E-state index contributed by atoms with van der Waals surface area (Å²) in [6.45, 7) is 5.99. The van der Waals surface area contributed by atoms with Crippen LogP contribution in [0.4, 0.5) is 0 Å². The topological polar surface area (TPSA) is 67.6 Å². The Bertz CT molecular complexity index is 292. The van der Waals surface area contributed by atoms with Gasteiger partial charge >= 0.3 is 0 Å². The molecule has 0 aromatic heterocycles. The van der Waals surface area contributed by atoms with Gasteiger partial charge in [0.15, 0.2) is 0 Å². The van der Waals surface area contributed by atoms with Gasteiger partial charge in [0.05, 0.1) is 12.0 Å². The van der Waals surface area contributed by atoms with E-state index in [0.717, 1.165) is 45.4 Å². The average molecular weight is 269 g/mol. The third kappa shape index (κ3) is 3.91. The fourth-order valence-electron chi connectivity index (χ4n) is 3.10. The standard InChI is InChI=1S/C14H27N3O2/c1-2-19-13-8-12(9-13)17-7-3-4-11(10-17)14(18)16-6-5-15/h11-13H,2-10,15H2,1H3,(H,16,18). The maximum Gasteiger partial charge on any atom is 0.224 e. The molecule has 0 bridgehead atoms. The molecule has 1 amide bonds. The van der Waals surface area contributed by atoms with Crippen molar-refractivity contribution in [3.05, 3.63) is 0 Å². The van der Waals surface area contributed by atoms with Gasteiger partial charge in [0.1, 0.15) is 0 Å². The maximum absolute atomic E-state index is 12.0. The predicted octanol–water partition coefficient (Wildman–Crippen LogP) is 0.341. The number of hydrogen-bond acceptors (Lipinski definition) is 4. The molecule has 110 valence electrons. The highest BCUT2D eigenvalue weighted by Crippen LogP contribution is 2.31. The summed E-state index contributed by atoms with van der Waals surface area (Å²) in [7, 11) is 0. The van der Waals surface area contributed by atoms with Crippen LogP contribution in [0.3, 0.4) is 0 Å². The van der Waals surface area contributed by atoms with Gasteiger partial charge in [-0.05, 0) is 39.2 Å². The van der Waals surface area contributed by atoms with Crippen LogP contribution in [0.25, 0.3) is 0 Å². The number of rotatable bonds is 6. The Kier molecular flexibility index (Phi) is 5.60. The van der Waals surface area contributed by atoms with Crippen LogP contribution in [-0.4, -0.2) is 55.7 Å². The van der Waals surface area contributed by atoms with E-state index in [4.69, 9.17) is 10.5 Å². The van der Waals surface area contributed by atoms with E-state index in [1.807, 2.05) is 6.92 Å². The Hall–Kier alpha value is -0.650. The molecule has 3 N–H and O–H groups in total. The first kappa shape index (κ1) is 14.8. The van der Waals surface area contributed by atoms with Crippen molar-refractivity contribution < 1.29 is 9.53 Å². The van der Waals surface area contributed by atoms with Crippen LogP contribution in [0, 0.1) is 5.92 Å². The fourth-order valence-corrected chi connectivity index (χ4v) is 3.10. The number of carbonyl (C=O) groups is 1. The van der Waals surface area contributed by atoms with Crippen molar-refractivity contribution >= 4 is 5.91 Å². The van der Waals surface area contributed by atoms with Crippen LogP contribution in [0.1, 0.15) is 32.6 Å². The average Bonchev–Trinajstić information content (AvgIpc) is 2.39. The van der Waals surface area contributed by atoms with Crippen molar-refractivity contribution in [2.24, 2.45) is 11.7 Å². The lowest BCUT2D eigenvalue weighted by Crippen LogP contribution is -2.53. The largest absolute Gasteiger partial charge is 0.378 e. The highest BCUT2D eigenvalue weighted by molar-refractivity contribution is 5.78. The lowest BCUT2D eigenvalue weighted by Gasteiger charge is -2.45. The zero-order valence-electron chi connectivity index (χ0n) is 11.9. The molecule has 0 radical (unpaired) electrons. The molecule has 1 aliphatic carbocycles. The normalized spacial score (nSPS) is 31.8. The lowest BCUT2D eigenvalue weighted by atomic mass is 9.85. The van der Waals surface area contributed by atoms with E-state index >= 15 is 0 Å². The van der Waals surface area contributed by atoms with Gasteiger partial charge in [-0.25, -0.2) is 0 Å². The van der Waals surface area contributed by atoms with E-state index in [0.29, 0.717) is 25.2 Å². The Balaban J connectivity index is 1.73. The molecular weight excluding hydrogens is 242 g/mol. The van der Waals surface area contributed by atoms with E-state index in [-0.39, 0.29) is 11.8 Å². The number of nitrogens with zero attached hydrogens (tertiary/aromatic N) is 1. The van der Waals surface area contributed by atoms with Gasteiger partial charge in [0, 0.05) is 32.3 Å². The van der Waals surface area contributed by atoms with Crippen molar-refractivity contribution in [1.29, 1.82) is 0 Å². The number of piperidine rings is 1. The maximum atomic E-state index is 12.0. The molecule has 1 saturated heterocycles. The molecule has 0 aromatic carbocycles. The van der Waals surface area contributed by atoms with Gasteiger partial charge in [0.2, 0.25) is 5.91 Å². The first-order valence-corrected chi connectivity index (χ1v) is 7.58. The minimum absolute atomic E-state index is 0.145. The number of nitrogens with two attached hydrogens (primary N) is 1. The zero-order valence-corrected chi connectivity index (χ0v) is 11.9. The van der Waals surface area contributed by atoms with E-state index in [9.17, 15) is 4.79 Å². The van der Waals surface area contributed by atoms with E-state index < -0.39 is 0 Å². The van der Waals surface area contributed by atoms with Crippen LogP contribution in [-0.2, 0) is 9.53 Å². The zero-order chi connectivity index (χ0) is 13.7. The molecule has 19 heavy (non-hydrogen) atoms. The Morgan fingerprint density at radius 1 is 1.47 bits per heavy atom. The number of hydrogen-bond donors (Lipinski definition) is 2. The molecule has 5 nitrogen and oxygen atoms in total. The Morgan fingerprint density at radius 3 is 2.95 bits per heavy atom. The van der Waals surface area contributed by atoms with E-state index in [1.165, 1.54) is 0 Å². The van der Waals surface area contributed by atoms with Gasteiger partial charge in [0.25, 0.3) is 0 Å². The monoisotopic (exact) mass is 269 g/mol. The van der Waals surface area contributed by atoms with Crippen molar-refractivity contribution in [3.8, 4) is 0 Å². The van der Waals surface area contributed by atoms with E-state index in [1.54, 1.807) is 0 Å². The van der Waals surface area contributed by atoms with Crippen LogP contribution >= 0.6 is 0 Å². The number of ether oxygens (including phenoxy) is 1. The summed E-state index contributed by atoms with van der Waals surface area (Å²) in [6.07, 6.45) is 4.84. The van der Waals surface area contributed by atoms with Gasteiger partial charge in [-0.2, -0.15) is 0 Å². The summed E-state index contributed by atoms with van der Waals surface area (Å²) >= 11 is 0. The highest BCUT2D eigenvalue weighted by Gasteiger charge is 2.37. The second-order valence-corrected chi connectivity index (χ2v) is 5.62. The summed E-state index contributed by atoms with van der Waals surface area (Å²) in [5.41, 5.74) is 5.42. The molecule has 1 heterocycles. The van der Waals surface area contributed by atoms with Crippen LogP contribution in [0.15, 0.2) is 0 Å². The Morgan fingerprint density at radius 2 is 2.26 bits per heavy atom. The molecule has 5 heteroatoms. The van der Waals surface area contributed by atoms with Gasteiger partial charge < -0.3 is 15.8 Å².